The number of benzene rings is 1. The van der Waals surface area contributed by atoms with Crippen molar-refractivity contribution in [3.05, 3.63) is 29.8 Å². The molecule has 114 valence electrons. The van der Waals surface area contributed by atoms with Gasteiger partial charge in [-0.3, -0.25) is 4.79 Å². The second kappa shape index (κ2) is 7.79. The number of hydrogen-bond donors (Lipinski definition) is 1. The Bertz CT molecular complexity index is 633. The van der Waals surface area contributed by atoms with Gasteiger partial charge in [-0.15, -0.1) is 0 Å². The van der Waals surface area contributed by atoms with E-state index in [2.05, 4.69) is 5.32 Å². The number of carbonyl (C=O) groups excluding carboxylic acids is 1. The normalized spacial score (nSPS) is 12.4. The molecule has 1 aromatic carbocycles. The van der Waals surface area contributed by atoms with Crippen molar-refractivity contribution in [3.63, 3.8) is 0 Å². The van der Waals surface area contributed by atoms with E-state index in [-0.39, 0.29) is 29.8 Å². The van der Waals surface area contributed by atoms with Crippen LogP contribution >= 0.6 is 0 Å². The summed E-state index contributed by atoms with van der Waals surface area (Å²) in [7, 11) is -3.12. The molecule has 0 aromatic heterocycles. The lowest BCUT2D eigenvalue weighted by Gasteiger charge is -2.10. The highest BCUT2D eigenvalue weighted by molar-refractivity contribution is 7.91. The van der Waals surface area contributed by atoms with Crippen LogP contribution in [0, 0.1) is 11.3 Å². The Kier molecular flexibility index (Phi) is 6.38. The van der Waals surface area contributed by atoms with E-state index < -0.39 is 9.84 Å². The van der Waals surface area contributed by atoms with Gasteiger partial charge in [0.25, 0.3) is 0 Å². The SMILES string of the molecule is CCC(C)S(=O)(=O)CCCC(=O)Nc1ccccc1C#N. The van der Waals surface area contributed by atoms with Gasteiger partial charge in [-0.25, -0.2) is 8.42 Å². The number of para-hydroxylation sites is 1. The molecule has 1 amide bonds. The Labute approximate surface area is 125 Å². The van der Waals surface area contributed by atoms with E-state index in [1.165, 1.54) is 0 Å². The Morgan fingerprint density at radius 3 is 2.67 bits per heavy atom. The summed E-state index contributed by atoms with van der Waals surface area (Å²) in [5.41, 5.74) is 0.841. The average molecular weight is 308 g/mol. The number of nitrogens with one attached hydrogen (secondary N) is 1. The lowest BCUT2D eigenvalue weighted by molar-refractivity contribution is -0.116. The van der Waals surface area contributed by atoms with Gasteiger partial charge in [0, 0.05) is 6.42 Å². The molecule has 0 saturated heterocycles. The van der Waals surface area contributed by atoms with Gasteiger partial charge >= 0.3 is 0 Å². The molecule has 5 nitrogen and oxygen atoms in total. The molecule has 1 aromatic rings. The van der Waals surface area contributed by atoms with Crippen molar-refractivity contribution in [2.24, 2.45) is 0 Å². The second-order valence-corrected chi connectivity index (χ2v) is 7.43. The standard InChI is InChI=1S/C15H20N2O3S/c1-3-12(2)21(19,20)10-6-9-15(18)17-14-8-5-4-7-13(14)11-16/h4-5,7-8,12H,3,6,9-10H2,1-2H3,(H,17,18). The highest BCUT2D eigenvalue weighted by Crippen LogP contribution is 2.14. The Morgan fingerprint density at radius 1 is 1.38 bits per heavy atom. The van der Waals surface area contributed by atoms with E-state index in [1.807, 2.05) is 13.0 Å². The molecule has 1 rings (SSSR count). The molecule has 21 heavy (non-hydrogen) atoms. The molecule has 1 atom stereocenters. The van der Waals surface area contributed by atoms with Gasteiger partial charge < -0.3 is 5.32 Å². The fraction of sp³-hybridized carbons (Fsp3) is 0.467. The van der Waals surface area contributed by atoms with Gasteiger partial charge in [0.05, 0.1) is 22.3 Å². The molecule has 0 radical (unpaired) electrons. The third kappa shape index (κ3) is 5.20. The zero-order chi connectivity index (χ0) is 15.9. The largest absolute Gasteiger partial charge is 0.325 e. The van der Waals surface area contributed by atoms with Crippen LogP contribution in [0.3, 0.4) is 0 Å². The van der Waals surface area contributed by atoms with Crippen LogP contribution in [-0.2, 0) is 14.6 Å². The van der Waals surface area contributed by atoms with Gasteiger partial charge in [-0.05, 0) is 31.9 Å². The predicted molar refractivity (Wildman–Crippen MR) is 82.6 cm³/mol. The van der Waals surface area contributed by atoms with E-state index in [4.69, 9.17) is 5.26 Å². The van der Waals surface area contributed by atoms with Crippen LogP contribution in [0.4, 0.5) is 5.69 Å². The molecule has 0 aliphatic rings. The number of nitrogens with zero attached hydrogens (tertiary/aromatic N) is 1. The molecule has 0 heterocycles. The maximum atomic E-state index is 11.8. The van der Waals surface area contributed by atoms with Crippen molar-refractivity contribution in [1.29, 1.82) is 5.26 Å². The van der Waals surface area contributed by atoms with Gasteiger partial charge in [-0.1, -0.05) is 19.1 Å². The summed E-state index contributed by atoms with van der Waals surface area (Å²) in [6, 6.07) is 8.69. The van der Waals surface area contributed by atoms with E-state index in [9.17, 15) is 13.2 Å². The Balaban J connectivity index is 2.51. The molecule has 0 aliphatic heterocycles. The van der Waals surface area contributed by atoms with Crippen molar-refractivity contribution >= 4 is 21.4 Å². The zero-order valence-corrected chi connectivity index (χ0v) is 13.1. The Morgan fingerprint density at radius 2 is 2.05 bits per heavy atom. The van der Waals surface area contributed by atoms with Crippen LogP contribution in [0.1, 0.15) is 38.7 Å². The number of amides is 1. The molecule has 0 spiro atoms. The van der Waals surface area contributed by atoms with Crippen LogP contribution in [0.5, 0.6) is 0 Å². The summed E-state index contributed by atoms with van der Waals surface area (Å²) in [6.07, 6.45) is 0.979. The number of anilines is 1. The lowest BCUT2D eigenvalue weighted by atomic mass is 10.2. The number of nitriles is 1. The quantitative estimate of drug-likeness (QED) is 0.838. The first-order valence-electron chi connectivity index (χ1n) is 6.91. The third-order valence-corrected chi connectivity index (χ3v) is 5.76. The smallest absolute Gasteiger partial charge is 0.224 e. The van der Waals surface area contributed by atoms with Crippen molar-refractivity contribution in [3.8, 4) is 6.07 Å². The summed E-state index contributed by atoms with van der Waals surface area (Å²) < 4.78 is 23.7. The number of sulfone groups is 1. The zero-order valence-electron chi connectivity index (χ0n) is 12.3. The van der Waals surface area contributed by atoms with Crippen LogP contribution in [0.15, 0.2) is 24.3 Å². The molecule has 1 N–H and O–H groups in total. The van der Waals surface area contributed by atoms with E-state index in [1.54, 1.807) is 31.2 Å². The predicted octanol–water partition coefficient (Wildman–Crippen LogP) is 2.49. The van der Waals surface area contributed by atoms with Crippen LogP contribution in [-0.4, -0.2) is 25.3 Å². The van der Waals surface area contributed by atoms with Crippen molar-refractivity contribution in [1.82, 2.24) is 0 Å². The summed E-state index contributed by atoms with van der Waals surface area (Å²) >= 11 is 0. The maximum Gasteiger partial charge on any atom is 0.224 e. The molecule has 0 bridgehead atoms. The first-order chi connectivity index (χ1) is 9.90. The van der Waals surface area contributed by atoms with E-state index in [0.717, 1.165) is 0 Å². The summed E-state index contributed by atoms with van der Waals surface area (Å²) in [4.78, 5) is 11.8. The lowest BCUT2D eigenvalue weighted by Crippen LogP contribution is -2.21. The average Bonchev–Trinajstić information content (AvgIpc) is 2.46. The summed E-state index contributed by atoms with van der Waals surface area (Å²) in [5, 5.41) is 11.2. The van der Waals surface area contributed by atoms with Gasteiger partial charge in [0.1, 0.15) is 6.07 Å². The minimum Gasteiger partial charge on any atom is -0.325 e. The number of rotatable bonds is 7. The molecule has 0 aliphatic carbocycles. The van der Waals surface area contributed by atoms with Gasteiger partial charge in [-0.2, -0.15) is 5.26 Å². The maximum absolute atomic E-state index is 11.8. The fourth-order valence-corrected chi connectivity index (χ4v) is 3.25. The first kappa shape index (κ1) is 17.2. The summed E-state index contributed by atoms with van der Waals surface area (Å²) in [6.45, 7) is 3.51. The highest BCUT2D eigenvalue weighted by Gasteiger charge is 2.19. The van der Waals surface area contributed by atoms with Crippen LogP contribution in [0.25, 0.3) is 0 Å². The Hall–Kier alpha value is -1.87. The fourth-order valence-electron chi connectivity index (χ4n) is 1.79. The number of carbonyl (C=O) groups is 1. The first-order valence-corrected chi connectivity index (χ1v) is 8.62. The monoisotopic (exact) mass is 308 g/mol. The van der Waals surface area contributed by atoms with Gasteiger partial charge in [0.15, 0.2) is 9.84 Å². The second-order valence-electron chi connectivity index (χ2n) is 4.89. The molecule has 0 fully saturated rings. The molecule has 0 saturated carbocycles. The van der Waals surface area contributed by atoms with Gasteiger partial charge in [0.2, 0.25) is 5.91 Å². The minimum absolute atomic E-state index is 0.00925. The molecular formula is C15H20N2O3S. The van der Waals surface area contributed by atoms with E-state index in [0.29, 0.717) is 17.7 Å². The minimum atomic E-state index is -3.12. The highest BCUT2D eigenvalue weighted by atomic mass is 32.2. The molecule has 6 heteroatoms. The molecular weight excluding hydrogens is 288 g/mol. The van der Waals surface area contributed by atoms with Crippen molar-refractivity contribution in [2.45, 2.75) is 38.4 Å². The topological polar surface area (TPSA) is 87.0 Å². The third-order valence-electron chi connectivity index (χ3n) is 3.34. The van der Waals surface area contributed by atoms with Crippen LogP contribution < -0.4 is 5.32 Å². The van der Waals surface area contributed by atoms with Crippen LogP contribution in [0.2, 0.25) is 0 Å². The van der Waals surface area contributed by atoms with Crippen molar-refractivity contribution < 1.29 is 13.2 Å². The van der Waals surface area contributed by atoms with Crippen molar-refractivity contribution in [2.75, 3.05) is 11.1 Å². The summed E-state index contributed by atoms with van der Waals surface area (Å²) in [5.74, 6) is -0.271. The number of hydrogen-bond acceptors (Lipinski definition) is 4. The van der Waals surface area contributed by atoms with E-state index >= 15 is 0 Å². The molecule has 1 unspecified atom stereocenters.